The third-order valence-electron chi connectivity index (χ3n) is 4.38. The largest absolute Gasteiger partial charge is 0.768 e. The van der Waals surface area contributed by atoms with E-state index in [1.54, 1.807) is 18.2 Å². The van der Waals surface area contributed by atoms with E-state index in [1.807, 2.05) is 18.2 Å². The van der Waals surface area contributed by atoms with Crippen LogP contribution in [0.2, 0.25) is 0 Å². The van der Waals surface area contributed by atoms with E-state index >= 15 is 0 Å². The van der Waals surface area contributed by atoms with Gasteiger partial charge in [-0.3, -0.25) is 9.00 Å². The van der Waals surface area contributed by atoms with Gasteiger partial charge >= 0.3 is 0 Å². The molecule has 4 rings (SSSR count). The SMILES string of the molecule is O=c1c2ccccc2sc2cc(C3CCNC3)cc(S(=O)[O-])c12. The first-order valence-corrected chi connectivity index (χ1v) is 9.34. The highest BCUT2D eigenvalue weighted by molar-refractivity contribution is 7.79. The maximum atomic E-state index is 12.8. The van der Waals surface area contributed by atoms with Crippen LogP contribution in [0.3, 0.4) is 0 Å². The van der Waals surface area contributed by atoms with Gasteiger partial charge in [0.05, 0.1) is 5.39 Å². The Hall–Kier alpha value is -1.60. The van der Waals surface area contributed by atoms with E-state index in [-0.39, 0.29) is 10.3 Å². The number of hydrogen-bond donors (Lipinski definition) is 1. The summed E-state index contributed by atoms with van der Waals surface area (Å²) in [6.45, 7) is 1.78. The van der Waals surface area contributed by atoms with Crippen molar-refractivity contribution in [3.63, 3.8) is 0 Å². The minimum Gasteiger partial charge on any atom is -0.768 e. The maximum absolute atomic E-state index is 12.8. The van der Waals surface area contributed by atoms with Crippen LogP contribution in [-0.4, -0.2) is 21.9 Å². The lowest BCUT2D eigenvalue weighted by Crippen LogP contribution is -2.10. The Kier molecular flexibility index (Phi) is 3.77. The summed E-state index contributed by atoms with van der Waals surface area (Å²) in [6, 6.07) is 11.0. The molecule has 3 aromatic rings. The van der Waals surface area contributed by atoms with Crippen molar-refractivity contribution in [2.45, 2.75) is 17.2 Å². The van der Waals surface area contributed by atoms with Crippen LogP contribution < -0.4 is 10.7 Å². The molecule has 6 heteroatoms. The van der Waals surface area contributed by atoms with Crippen LogP contribution in [-0.2, 0) is 11.1 Å². The van der Waals surface area contributed by atoms with Crippen molar-refractivity contribution in [1.29, 1.82) is 0 Å². The van der Waals surface area contributed by atoms with Gasteiger partial charge in [-0.1, -0.05) is 12.1 Å². The highest BCUT2D eigenvalue weighted by Crippen LogP contribution is 2.33. The highest BCUT2D eigenvalue weighted by Gasteiger charge is 2.20. The molecule has 0 amide bonds. The minimum atomic E-state index is -2.43. The lowest BCUT2D eigenvalue weighted by molar-refractivity contribution is 0.537. The van der Waals surface area contributed by atoms with Crippen molar-refractivity contribution in [3.8, 4) is 0 Å². The summed E-state index contributed by atoms with van der Waals surface area (Å²) in [6.07, 6.45) is 0.985. The van der Waals surface area contributed by atoms with Crippen LogP contribution in [0.1, 0.15) is 17.9 Å². The third kappa shape index (κ3) is 2.52. The van der Waals surface area contributed by atoms with Crippen molar-refractivity contribution in [2.24, 2.45) is 0 Å². The minimum absolute atomic E-state index is 0.122. The normalized spacial score (nSPS) is 19.4. The molecular weight excluding hydrogens is 330 g/mol. The second kappa shape index (κ2) is 5.79. The van der Waals surface area contributed by atoms with Crippen molar-refractivity contribution in [2.75, 3.05) is 13.1 Å². The lowest BCUT2D eigenvalue weighted by atomic mass is 9.97. The third-order valence-corrected chi connectivity index (χ3v) is 6.18. The van der Waals surface area contributed by atoms with Crippen molar-refractivity contribution >= 4 is 42.6 Å². The van der Waals surface area contributed by atoms with Gasteiger partial charge in [0, 0.05) is 26.2 Å². The predicted octanol–water partition coefficient (Wildman–Crippen LogP) is 2.73. The molecule has 2 atom stereocenters. The smallest absolute Gasteiger partial charge is 0.197 e. The molecule has 1 aliphatic heterocycles. The maximum Gasteiger partial charge on any atom is 0.197 e. The van der Waals surface area contributed by atoms with E-state index in [2.05, 4.69) is 5.32 Å². The van der Waals surface area contributed by atoms with Crippen LogP contribution >= 0.6 is 11.3 Å². The fourth-order valence-corrected chi connectivity index (χ4v) is 5.04. The summed E-state index contributed by atoms with van der Waals surface area (Å²) in [5.74, 6) is 0.301. The predicted molar refractivity (Wildman–Crippen MR) is 93.0 cm³/mol. The molecule has 0 aliphatic carbocycles. The average Bonchev–Trinajstić information content (AvgIpc) is 3.08. The fraction of sp³-hybridized carbons (Fsp3) is 0.235. The monoisotopic (exact) mass is 344 g/mol. The first-order chi connectivity index (χ1) is 11.1. The summed E-state index contributed by atoms with van der Waals surface area (Å²) in [7, 11) is 0. The quantitative estimate of drug-likeness (QED) is 0.573. The van der Waals surface area contributed by atoms with Gasteiger partial charge in [-0.05, 0) is 59.8 Å². The first-order valence-electron chi connectivity index (χ1n) is 7.44. The molecule has 1 fully saturated rings. The van der Waals surface area contributed by atoms with Crippen LogP contribution in [0.5, 0.6) is 0 Å². The molecule has 2 unspecified atom stereocenters. The Morgan fingerprint density at radius 2 is 2.04 bits per heavy atom. The van der Waals surface area contributed by atoms with E-state index in [0.29, 0.717) is 16.7 Å². The Morgan fingerprint density at radius 3 is 2.78 bits per heavy atom. The summed E-state index contributed by atoms with van der Waals surface area (Å²) >= 11 is -0.955. The van der Waals surface area contributed by atoms with Crippen LogP contribution in [0.25, 0.3) is 20.2 Å². The van der Waals surface area contributed by atoms with E-state index in [1.165, 1.54) is 11.3 Å². The summed E-state index contributed by atoms with van der Waals surface area (Å²) in [4.78, 5) is 12.9. The second-order valence-corrected chi connectivity index (χ2v) is 7.74. The molecule has 0 bridgehead atoms. The molecule has 0 radical (unpaired) electrons. The molecule has 23 heavy (non-hydrogen) atoms. The Labute approximate surface area is 139 Å². The highest BCUT2D eigenvalue weighted by atomic mass is 32.2. The van der Waals surface area contributed by atoms with Gasteiger partial charge in [0.1, 0.15) is 0 Å². The van der Waals surface area contributed by atoms with Gasteiger partial charge in [0.25, 0.3) is 0 Å². The molecule has 0 spiro atoms. The van der Waals surface area contributed by atoms with E-state index in [0.717, 1.165) is 34.5 Å². The topological polar surface area (TPSA) is 69.2 Å². The number of hydrogen-bond acceptors (Lipinski definition) is 5. The standard InChI is InChI=1S/C17H15NO3S2/c19-17-12-3-1-2-4-13(12)22-14-7-11(10-5-6-18-9-10)8-15(16(14)17)23(20)21/h1-4,7-8,10,18H,5-6,9H2,(H,20,21)/p-1. The molecule has 4 nitrogen and oxygen atoms in total. The molecule has 2 heterocycles. The Bertz CT molecular complexity index is 990. The van der Waals surface area contributed by atoms with Gasteiger partial charge in [-0.15, -0.1) is 11.3 Å². The van der Waals surface area contributed by atoms with Gasteiger partial charge in [0.15, 0.2) is 5.43 Å². The zero-order valence-corrected chi connectivity index (χ0v) is 13.8. The Balaban J connectivity index is 2.09. The number of nitrogens with one attached hydrogen (secondary N) is 1. The molecule has 118 valence electrons. The lowest BCUT2D eigenvalue weighted by Gasteiger charge is -2.15. The molecule has 0 saturated carbocycles. The van der Waals surface area contributed by atoms with Crippen LogP contribution in [0.15, 0.2) is 46.1 Å². The average molecular weight is 344 g/mol. The molecule has 1 aromatic heterocycles. The molecular formula is C17H14NO3S2-. The van der Waals surface area contributed by atoms with Crippen molar-refractivity contribution < 1.29 is 8.76 Å². The van der Waals surface area contributed by atoms with Gasteiger partial charge < -0.3 is 9.87 Å². The molecule has 1 aliphatic rings. The molecule has 1 N–H and O–H groups in total. The van der Waals surface area contributed by atoms with Crippen LogP contribution in [0.4, 0.5) is 0 Å². The molecule has 2 aromatic carbocycles. The number of benzene rings is 2. The number of rotatable bonds is 2. The second-order valence-electron chi connectivity index (χ2n) is 5.74. The van der Waals surface area contributed by atoms with Gasteiger partial charge in [0.2, 0.25) is 0 Å². The van der Waals surface area contributed by atoms with E-state index in [4.69, 9.17) is 0 Å². The van der Waals surface area contributed by atoms with Gasteiger partial charge in [-0.2, -0.15) is 0 Å². The summed E-state index contributed by atoms with van der Waals surface area (Å²) in [5, 5.41) is 4.19. The van der Waals surface area contributed by atoms with Gasteiger partial charge in [-0.25, -0.2) is 0 Å². The molecule has 1 saturated heterocycles. The first kappa shape index (κ1) is 15.0. The Morgan fingerprint density at radius 1 is 1.22 bits per heavy atom. The zero-order chi connectivity index (χ0) is 16.0. The number of fused-ring (bicyclic) bond motifs is 2. The summed E-state index contributed by atoms with van der Waals surface area (Å²) < 4.78 is 25.1. The van der Waals surface area contributed by atoms with Crippen molar-refractivity contribution in [1.82, 2.24) is 5.32 Å². The summed E-state index contributed by atoms with van der Waals surface area (Å²) in [5.41, 5.74) is 0.789. The van der Waals surface area contributed by atoms with E-state index < -0.39 is 11.1 Å². The van der Waals surface area contributed by atoms with Crippen LogP contribution in [0, 0.1) is 0 Å². The zero-order valence-electron chi connectivity index (χ0n) is 12.2. The van der Waals surface area contributed by atoms with E-state index in [9.17, 15) is 13.6 Å². The van der Waals surface area contributed by atoms with Crippen molar-refractivity contribution in [3.05, 3.63) is 52.2 Å². The fourth-order valence-electron chi connectivity index (χ4n) is 3.22.